The van der Waals surface area contributed by atoms with Crippen LogP contribution in [0.25, 0.3) is 0 Å². The first-order chi connectivity index (χ1) is 7.90. The highest BCUT2D eigenvalue weighted by atomic mass is 16.5. The first-order valence-corrected chi connectivity index (χ1v) is 6.26. The van der Waals surface area contributed by atoms with Gasteiger partial charge < -0.3 is 9.30 Å². The minimum absolute atomic E-state index is 0.732. The Kier molecular flexibility index (Phi) is 4.34. The van der Waals surface area contributed by atoms with Crippen LogP contribution in [0.3, 0.4) is 0 Å². The summed E-state index contributed by atoms with van der Waals surface area (Å²) >= 11 is 0. The Morgan fingerprint density at radius 3 is 2.94 bits per heavy atom. The second-order valence-corrected chi connectivity index (χ2v) is 4.64. The van der Waals surface area contributed by atoms with Crippen LogP contribution >= 0.6 is 0 Å². The van der Waals surface area contributed by atoms with Crippen LogP contribution in [0.15, 0.2) is 6.33 Å². The van der Waals surface area contributed by atoms with Gasteiger partial charge in [0.05, 0.1) is 6.61 Å². The third-order valence-corrected chi connectivity index (χ3v) is 3.43. The number of rotatable bonds is 5. The van der Waals surface area contributed by atoms with Gasteiger partial charge in [0, 0.05) is 20.1 Å². The maximum atomic E-state index is 5.08. The van der Waals surface area contributed by atoms with E-state index in [0.29, 0.717) is 0 Å². The molecule has 1 aromatic heterocycles. The van der Waals surface area contributed by atoms with Crippen LogP contribution in [0.1, 0.15) is 37.9 Å². The van der Waals surface area contributed by atoms with Crippen LogP contribution in [-0.4, -0.2) is 28.5 Å². The minimum Gasteiger partial charge on any atom is -0.383 e. The summed E-state index contributed by atoms with van der Waals surface area (Å²) in [6.07, 6.45) is 9.80. The van der Waals surface area contributed by atoms with Crippen LogP contribution in [0.2, 0.25) is 0 Å². The van der Waals surface area contributed by atoms with Crippen LogP contribution in [0.4, 0.5) is 0 Å². The molecule has 0 radical (unpaired) electrons. The summed E-state index contributed by atoms with van der Waals surface area (Å²) in [6.45, 7) is 1.60. The fourth-order valence-electron chi connectivity index (χ4n) is 2.46. The lowest BCUT2D eigenvalue weighted by molar-refractivity contribution is 0.185. The van der Waals surface area contributed by atoms with E-state index in [9.17, 15) is 0 Å². The monoisotopic (exact) mass is 223 g/mol. The molecule has 1 aliphatic rings. The van der Waals surface area contributed by atoms with E-state index >= 15 is 0 Å². The van der Waals surface area contributed by atoms with Crippen molar-refractivity contribution in [2.24, 2.45) is 5.92 Å². The van der Waals surface area contributed by atoms with Crippen molar-refractivity contribution in [3.8, 4) is 0 Å². The summed E-state index contributed by atoms with van der Waals surface area (Å²) in [4.78, 5) is 0. The second-order valence-electron chi connectivity index (χ2n) is 4.64. The number of ether oxygens (including phenoxy) is 1. The van der Waals surface area contributed by atoms with Crippen molar-refractivity contribution in [3.05, 3.63) is 12.2 Å². The van der Waals surface area contributed by atoms with Crippen molar-refractivity contribution in [1.82, 2.24) is 14.8 Å². The molecular formula is C12H21N3O. The lowest BCUT2D eigenvalue weighted by Gasteiger charge is -2.21. The summed E-state index contributed by atoms with van der Waals surface area (Å²) in [7, 11) is 1.73. The van der Waals surface area contributed by atoms with Crippen LogP contribution in [-0.2, 0) is 17.7 Å². The first kappa shape index (κ1) is 11.6. The summed E-state index contributed by atoms with van der Waals surface area (Å²) < 4.78 is 7.21. The highest BCUT2D eigenvalue weighted by molar-refractivity contribution is 4.89. The first-order valence-electron chi connectivity index (χ1n) is 6.26. The highest BCUT2D eigenvalue weighted by Gasteiger charge is 2.16. The Hall–Kier alpha value is -0.900. The second kappa shape index (κ2) is 5.99. The molecule has 0 bridgehead atoms. The molecule has 1 aromatic rings. The zero-order valence-corrected chi connectivity index (χ0v) is 10.1. The van der Waals surface area contributed by atoms with E-state index in [4.69, 9.17) is 4.74 Å². The molecule has 4 heteroatoms. The third-order valence-electron chi connectivity index (χ3n) is 3.43. The topological polar surface area (TPSA) is 39.9 Å². The average molecular weight is 223 g/mol. The van der Waals surface area contributed by atoms with Gasteiger partial charge in [-0.25, -0.2) is 0 Å². The number of hydrogen-bond acceptors (Lipinski definition) is 3. The van der Waals surface area contributed by atoms with Crippen LogP contribution in [0, 0.1) is 5.92 Å². The van der Waals surface area contributed by atoms with Gasteiger partial charge in [0.2, 0.25) is 0 Å². The van der Waals surface area contributed by atoms with Crippen molar-refractivity contribution >= 4 is 0 Å². The summed E-state index contributed by atoms with van der Waals surface area (Å²) in [5.74, 6) is 1.95. The molecule has 90 valence electrons. The Morgan fingerprint density at radius 1 is 1.38 bits per heavy atom. The summed E-state index contributed by atoms with van der Waals surface area (Å²) in [5, 5.41) is 8.22. The molecule has 0 spiro atoms. The zero-order valence-electron chi connectivity index (χ0n) is 10.1. The van der Waals surface area contributed by atoms with E-state index < -0.39 is 0 Å². The van der Waals surface area contributed by atoms with Crippen LogP contribution in [0.5, 0.6) is 0 Å². The lowest BCUT2D eigenvalue weighted by Crippen LogP contribution is -2.14. The van der Waals surface area contributed by atoms with Gasteiger partial charge in [-0.1, -0.05) is 32.1 Å². The number of nitrogens with zero attached hydrogens (tertiary/aromatic N) is 3. The molecule has 1 aliphatic carbocycles. The lowest BCUT2D eigenvalue weighted by atomic mass is 9.87. The SMILES string of the molecule is COCCn1cnnc1CC1CCCCC1. The Labute approximate surface area is 97.0 Å². The molecule has 1 fully saturated rings. The molecule has 16 heavy (non-hydrogen) atoms. The Bertz CT molecular complexity index is 305. The van der Waals surface area contributed by atoms with E-state index in [1.807, 2.05) is 6.33 Å². The zero-order chi connectivity index (χ0) is 11.2. The number of methoxy groups -OCH3 is 1. The smallest absolute Gasteiger partial charge is 0.133 e. The number of aromatic nitrogens is 3. The third kappa shape index (κ3) is 3.04. The van der Waals surface area contributed by atoms with E-state index in [2.05, 4.69) is 14.8 Å². The maximum absolute atomic E-state index is 5.08. The maximum Gasteiger partial charge on any atom is 0.133 e. The minimum atomic E-state index is 0.732. The standard InChI is InChI=1S/C12H21N3O/c1-16-8-7-15-10-13-14-12(15)9-11-5-3-2-4-6-11/h10-11H,2-9H2,1H3. The molecule has 1 saturated carbocycles. The van der Waals surface area contributed by atoms with Gasteiger partial charge in [-0.3, -0.25) is 0 Å². The molecule has 0 aliphatic heterocycles. The van der Waals surface area contributed by atoms with Gasteiger partial charge >= 0.3 is 0 Å². The molecule has 0 unspecified atom stereocenters. The fraction of sp³-hybridized carbons (Fsp3) is 0.833. The van der Waals surface area contributed by atoms with Crippen LogP contribution < -0.4 is 0 Å². The molecule has 0 N–H and O–H groups in total. The van der Waals surface area contributed by atoms with Crippen molar-refractivity contribution in [1.29, 1.82) is 0 Å². The van der Waals surface area contributed by atoms with Gasteiger partial charge in [-0.2, -0.15) is 0 Å². The van der Waals surface area contributed by atoms with Crippen molar-refractivity contribution in [2.45, 2.75) is 45.1 Å². The Balaban J connectivity index is 1.89. The summed E-state index contributed by atoms with van der Waals surface area (Å²) in [5.41, 5.74) is 0. The normalized spacial score (nSPS) is 17.8. The molecular weight excluding hydrogens is 202 g/mol. The van der Waals surface area contributed by atoms with Crippen molar-refractivity contribution in [3.63, 3.8) is 0 Å². The van der Waals surface area contributed by atoms with E-state index in [1.165, 1.54) is 32.1 Å². The van der Waals surface area contributed by atoms with E-state index in [1.54, 1.807) is 7.11 Å². The number of hydrogen-bond donors (Lipinski definition) is 0. The predicted molar refractivity (Wildman–Crippen MR) is 62.2 cm³/mol. The molecule has 0 aromatic carbocycles. The molecule has 4 nitrogen and oxygen atoms in total. The van der Waals surface area contributed by atoms with Crippen molar-refractivity contribution < 1.29 is 4.74 Å². The summed E-state index contributed by atoms with van der Waals surface area (Å²) in [6, 6.07) is 0. The molecule has 0 amide bonds. The Morgan fingerprint density at radius 2 is 2.19 bits per heavy atom. The quantitative estimate of drug-likeness (QED) is 0.767. The molecule has 1 heterocycles. The fourth-order valence-corrected chi connectivity index (χ4v) is 2.46. The molecule has 0 saturated heterocycles. The van der Waals surface area contributed by atoms with Gasteiger partial charge in [0.15, 0.2) is 0 Å². The van der Waals surface area contributed by atoms with E-state index in [-0.39, 0.29) is 0 Å². The van der Waals surface area contributed by atoms with Gasteiger partial charge in [0.1, 0.15) is 12.2 Å². The average Bonchev–Trinajstić information content (AvgIpc) is 2.75. The van der Waals surface area contributed by atoms with Gasteiger partial charge in [-0.15, -0.1) is 10.2 Å². The van der Waals surface area contributed by atoms with Crippen molar-refractivity contribution in [2.75, 3.05) is 13.7 Å². The molecule has 2 rings (SSSR count). The predicted octanol–water partition coefficient (Wildman–Crippen LogP) is 2.05. The van der Waals surface area contributed by atoms with Gasteiger partial charge in [0.25, 0.3) is 0 Å². The largest absolute Gasteiger partial charge is 0.383 e. The van der Waals surface area contributed by atoms with E-state index in [0.717, 1.165) is 31.3 Å². The molecule has 0 atom stereocenters. The highest BCUT2D eigenvalue weighted by Crippen LogP contribution is 2.26. The van der Waals surface area contributed by atoms with Gasteiger partial charge in [-0.05, 0) is 5.92 Å².